The Morgan fingerprint density at radius 3 is 2.75 bits per heavy atom. The lowest BCUT2D eigenvalue weighted by molar-refractivity contribution is -0.132. The van der Waals surface area contributed by atoms with E-state index in [1.165, 1.54) is 4.88 Å². The number of halogens is 1. The van der Waals surface area contributed by atoms with Crippen LogP contribution < -0.4 is 0 Å². The predicted octanol–water partition coefficient (Wildman–Crippen LogP) is 3.52. The SMILES string of the molecule is CN(Cc1cc(Br)cs1)C(=O)C1CC1(C)C. The van der Waals surface area contributed by atoms with E-state index in [2.05, 4.69) is 41.2 Å². The molecule has 1 fully saturated rings. The van der Waals surface area contributed by atoms with E-state index in [4.69, 9.17) is 0 Å². The van der Waals surface area contributed by atoms with E-state index < -0.39 is 0 Å². The summed E-state index contributed by atoms with van der Waals surface area (Å²) in [4.78, 5) is 15.1. The number of rotatable bonds is 3. The van der Waals surface area contributed by atoms with Gasteiger partial charge in [-0.1, -0.05) is 13.8 Å². The number of thiophene rings is 1. The van der Waals surface area contributed by atoms with Crippen LogP contribution in [0.15, 0.2) is 15.9 Å². The molecule has 1 atom stereocenters. The van der Waals surface area contributed by atoms with Crippen molar-refractivity contribution in [3.8, 4) is 0 Å². The number of carbonyl (C=O) groups excluding carboxylic acids is 1. The van der Waals surface area contributed by atoms with Crippen LogP contribution in [0.2, 0.25) is 0 Å². The first-order chi connectivity index (χ1) is 7.40. The summed E-state index contributed by atoms with van der Waals surface area (Å²) in [6.07, 6.45) is 1.03. The Morgan fingerprint density at radius 1 is 1.69 bits per heavy atom. The van der Waals surface area contributed by atoms with Gasteiger partial charge in [0.15, 0.2) is 0 Å². The number of hydrogen-bond acceptors (Lipinski definition) is 2. The second-order valence-electron chi connectivity index (χ2n) is 5.17. The second kappa shape index (κ2) is 4.15. The van der Waals surface area contributed by atoms with Gasteiger partial charge >= 0.3 is 0 Å². The second-order valence-corrected chi connectivity index (χ2v) is 7.08. The van der Waals surface area contributed by atoms with Crippen LogP contribution in [0.5, 0.6) is 0 Å². The van der Waals surface area contributed by atoms with E-state index in [9.17, 15) is 4.79 Å². The Labute approximate surface area is 109 Å². The maximum atomic E-state index is 12.1. The number of carbonyl (C=O) groups is 1. The summed E-state index contributed by atoms with van der Waals surface area (Å²) in [7, 11) is 1.89. The molecule has 0 bridgehead atoms. The molecule has 1 aromatic heterocycles. The van der Waals surface area contributed by atoms with Gasteiger partial charge in [-0.15, -0.1) is 11.3 Å². The fourth-order valence-corrected chi connectivity index (χ4v) is 3.41. The zero-order valence-electron chi connectivity index (χ0n) is 9.79. The molecule has 0 spiro atoms. The molecule has 1 aliphatic rings. The van der Waals surface area contributed by atoms with E-state index in [1.807, 2.05) is 11.9 Å². The zero-order chi connectivity index (χ0) is 11.9. The normalized spacial score (nSPS) is 21.9. The molecule has 1 heterocycles. The van der Waals surface area contributed by atoms with Crippen molar-refractivity contribution in [2.24, 2.45) is 11.3 Å². The Morgan fingerprint density at radius 2 is 2.31 bits per heavy atom. The largest absolute Gasteiger partial charge is 0.340 e. The molecule has 16 heavy (non-hydrogen) atoms. The van der Waals surface area contributed by atoms with Crippen molar-refractivity contribution in [3.05, 3.63) is 20.8 Å². The summed E-state index contributed by atoms with van der Waals surface area (Å²) >= 11 is 5.11. The molecule has 1 aromatic rings. The Hall–Kier alpha value is -0.350. The summed E-state index contributed by atoms with van der Waals surface area (Å²) in [5.41, 5.74) is 0.224. The Kier molecular flexibility index (Phi) is 3.14. The van der Waals surface area contributed by atoms with Gasteiger partial charge in [0.05, 0.1) is 6.54 Å². The minimum atomic E-state index is 0.224. The zero-order valence-corrected chi connectivity index (χ0v) is 12.2. The van der Waals surface area contributed by atoms with E-state index in [0.29, 0.717) is 0 Å². The third kappa shape index (κ3) is 2.48. The third-order valence-electron chi connectivity index (χ3n) is 3.20. The predicted molar refractivity (Wildman–Crippen MR) is 70.4 cm³/mol. The lowest BCUT2D eigenvalue weighted by Crippen LogP contribution is -2.28. The van der Waals surface area contributed by atoms with Gasteiger partial charge in [0, 0.05) is 27.7 Å². The van der Waals surface area contributed by atoms with Crippen LogP contribution in [0.1, 0.15) is 25.1 Å². The first-order valence-corrected chi connectivity index (χ1v) is 7.05. The van der Waals surface area contributed by atoms with Gasteiger partial charge in [-0.2, -0.15) is 0 Å². The van der Waals surface area contributed by atoms with Crippen molar-refractivity contribution in [2.75, 3.05) is 7.05 Å². The number of amides is 1. The summed E-state index contributed by atoms with van der Waals surface area (Å²) in [6, 6.07) is 2.08. The molecule has 1 saturated carbocycles. The van der Waals surface area contributed by atoms with Crippen molar-refractivity contribution in [1.82, 2.24) is 4.90 Å². The lowest BCUT2D eigenvalue weighted by Gasteiger charge is -2.17. The summed E-state index contributed by atoms with van der Waals surface area (Å²) in [6.45, 7) is 5.04. The van der Waals surface area contributed by atoms with Crippen molar-refractivity contribution < 1.29 is 4.79 Å². The van der Waals surface area contributed by atoms with Gasteiger partial charge in [0.25, 0.3) is 0 Å². The molecule has 2 rings (SSSR count). The van der Waals surface area contributed by atoms with Gasteiger partial charge in [-0.25, -0.2) is 0 Å². The summed E-state index contributed by atoms with van der Waals surface area (Å²) < 4.78 is 1.10. The standard InChI is InChI=1S/C12H16BrNOS/c1-12(2)5-10(12)11(15)14(3)6-9-4-8(13)7-16-9/h4,7,10H,5-6H2,1-3H3. The van der Waals surface area contributed by atoms with Crippen LogP contribution in [0.3, 0.4) is 0 Å². The molecule has 1 unspecified atom stereocenters. The molecular formula is C12H16BrNOS. The average Bonchev–Trinajstić information content (AvgIpc) is 2.62. The maximum Gasteiger partial charge on any atom is 0.226 e. The fraction of sp³-hybridized carbons (Fsp3) is 0.583. The highest BCUT2D eigenvalue weighted by atomic mass is 79.9. The molecule has 0 saturated heterocycles. The molecule has 0 radical (unpaired) electrons. The molecule has 88 valence electrons. The fourth-order valence-electron chi connectivity index (χ4n) is 1.90. The van der Waals surface area contributed by atoms with E-state index in [1.54, 1.807) is 11.3 Å². The maximum absolute atomic E-state index is 12.1. The van der Waals surface area contributed by atoms with Crippen LogP contribution in [0, 0.1) is 11.3 Å². The van der Waals surface area contributed by atoms with Crippen molar-refractivity contribution in [1.29, 1.82) is 0 Å². The van der Waals surface area contributed by atoms with Crippen LogP contribution in [-0.2, 0) is 11.3 Å². The Balaban J connectivity index is 1.94. The quantitative estimate of drug-likeness (QED) is 0.836. The molecule has 1 amide bonds. The molecule has 0 N–H and O–H groups in total. The number of nitrogens with zero attached hydrogens (tertiary/aromatic N) is 1. The highest BCUT2D eigenvalue weighted by Gasteiger charge is 2.51. The summed E-state index contributed by atoms with van der Waals surface area (Å²) in [5, 5.41) is 2.05. The first kappa shape index (κ1) is 12.1. The smallest absolute Gasteiger partial charge is 0.226 e. The van der Waals surface area contributed by atoms with Gasteiger partial charge < -0.3 is 4.90 Å². The van der Waals surface area contributed by atoms with Gasteiger partial charge in [-0.3, -0.25) is 4.79 Å². The minimum Gasteiger partial charge on any atom is -0.340 e. The average molecular weight is 302 g/mol. The van der Waals surface area contributed by atoms with Crippen LogP contribution in [-0.4, -0.2) is 17.9 Å². The molecule has 0 aliphatic heterocycles. The van der Waals surface area contributed by atoms with E-state index in [-0.39, 0.29) is 17.2 Å². The molecule has 0 aromatic carbocycles. The van der Waals surface area contributed by atoms with Crippen LogP contribution >= 0.6 is 27.3 Å². The van der Waals surface area contributed by atoms with Gasteiger partial charge in [0.1, 0.15) is 0 Å². The molecule has 1 aliphatic carbocycles. The first-order valence-electron chi connectivity index (χ1n) is 5.38. The lowest BCUT2D eigenvalue weighted by atomic mass is 10.1. The van der Waals surface area contributed by atoms with E-state index in [0.717, 1.165) is 17.4 Å². The minimum absolute atomic E-state index is 0.224. The van der Waals surface area contributed by atoms with Crippen LogP contribution in [0.25, 0.3) is 0 Å². The van der Waals surface area contributed by atoms with Crippen LogP contribution in [0.4, 0.5) is 0 Å². The summed E-state index contributed by atoms with van der Waals surface area (Å²) in [5.74, 6) is 0.524. The van der Waals surface area contributed by atoms with Gasteiger partial charge in [0.2, 0.25) is 5.91 Å². The van der Waals surface area contributed by atoms with Crippen molar-refractivity contribution >= 4 is 33.2 Å². The highest BCUT2D eigenvalue weighted by Crippen LogP contribution is 2.52. The number of hydrogen-bond donors (Lipinski definition) is 0. The highest BCUT2D eigenvalue weighted by molar-refractivity contribution is 9.10. The van der Waals surface area contributed by atoms with Crippen molar-refractivity contribution in [2.45, 2.75) is 26.8 Å². The van der Waals surface area contributed by atoms with Crippen molar-refractivity contribution in [3.63, 3.8) is 0 Å². The molecule has 4 heteroatoms. The monoisotopic (exact) mass is 301 g/mol. The van der Waals surface area contributed by atoms with E-state index >= 15 is 0 Å². The van der Waals surface area contributed by atoms with Gasteiger partial charge in [-0.05, 0) is 33.8 Å². The molecular weight excluding hydrogens is 286 g/mol. The Bertz CT molecular complexity index is 413. The molecule has 2 nitrogen and oxygen atoms in total. The third-order valence-corrected chi connectivity index (χ3v) is 4.88. The topological polar surface area (TPSA) is 20.3 Å².